The highest BCUT2D eigenvalue weighted by molar-refractivity contribution is 5.31. The maximum absolute atomic E-state index is 9.40. The number of aromatic hydroxyl groups is 1. The van der Waals surface area contributed by atoms with Gasteiger partial charge in [-0.25, -0.2) is 0 Å². The first kappa shape index (κ1) is 14.8. The summed E-state index contributed by atoms with van der Waals surface area (Å²) in [6.07, 6.45) is 0.344. The van der Waals surface area contributed by atoms with Gasteiger partial charge in [0.2, 0.25) is 0 Å². The topological polar surface area (TPSA) is 69.9 Å². The molecule has 0 aromatic heterocycles. The van der Waals surface area contributed by atoms with Crippen LogP contribution in [0.1, 0.15) is 26.7 Å². The monoisotopic (exact) mass is 254 g/mol. The van der Waals surface area contributed by atoms with E-state index in [-0.39, 0.29) is 11.7 Å². The van der Waals surface area contributed by atoms with Crippen LogP contribution in [0.4, 0.5) is 0 Å². The lowest BCUT2D eigenvalue weighted by molar-refractivity contribution is 0.0950. The molecule has 2 unspecified atom stereocenters. The van der Waals surface area contributed by atoms with Crippen molar-refractivity contribution in [1.29, 1.82) is 0 Å². The van der Waals surface area contributed by atoms with Crippen LogP contribution in [0, 0.1) is 5.92 Å². The third-order valence-electron chi connectivity index (χ3n) is 2.65. The maximum atomic E-state index is 9.40. The highest BCUT2D eigenvalue weighted by atomic mass is 16.5. The molecule has 0 saturated heterocycles. The minimum absolute atomic E-state index is 0.0901. The van der Waals surface area contributed by atoms with Crippen molar-refractivity contribution >= 4 is 0 Å². The molecule has 4 nitrogen and oxygen atoms in total. The zero-order chi connectivity index (χ0) is 13.5. The summed E-state index contributed by atoms with van der Waals surface area (Å²) in [4.78, 5) is 0. The maximum Gasteiger partial charge on any atom is 0.122 e. The van der Waals surface area contributed by atoms with Gasteiger partial charge in [-0.15, -0.1) is 0 Å². The molecule has 0 radical (unpaired) electrons. The van der Waals surface area contributed by atoms with E-state index in [0.717, 1.165) is 0 Å². The average molecular weight is 254 g/mol. The van der Waals surface area contributed by atoms with E-state index in [4.69, 9.17) is 4.74 Å². The average Bonchev–Trinajstić information content (AvgIpc) is 2.24. The largest absolute Gasteiger partial charge is 0.508 e. The molecule has 2 atom stereocenters. The Morgan fingerprint density at radius 2 is 1.72 bits per heavy atom. The zero-order valence-electron chi connectivity index (χ0n) is 10.9. The normalized spacial score (nSPS) is 16.0. The van der Waals surface area contributed by atoms with E-state index in [1.807, 2.05) is 0 Å². The van der Waals surface area contributed by atoms with Gasteiger partial charge >= 0.3 is 0 Å². The van der Waals surface area contributed by atoms with Crippen molar-refractivity contribution in [3.8, 4) is 11.5 Å². The van der Waals surface area contributed by atoms with Crippen LogP contribution in [0.2, 0.25) is 0 Å². The van der Waals surface area contributed by atoms with Crippen LogP contribution < -0.4 is 4.74 Å². The minimum atomic E-state index is -0.415. The van der Waals surface area contributed by atoms with Crippen LogP contribution >= 0.6 is 0 Å². The van der Waals surface area contributed by atoms with Gasteiger partial charge < -0.3 is 20.1 Å². The number of hydrogen-bond acceptors (Lipinski definition) is 4. The Balaban J connectivity index is 2.50. The lowest BCUT2D eigenvalue weighted by Crippen LogP contribution is -2.21. The fourth-order valence-corrected chi connectivity index (χ4v) is 1.98. The van der Waals surface area contributed by atoms with E-state index in [2.05, 4.69) is 0 Å². The Hall–Kier alpha value is -1.26. The number of benzene rings is 1. The third-order valence-corrected chi connectivity index (χ3v) is 2.65. The number of aliphatic hydroxyl groups is 2. The molecule has 102 valence electrons. The van der Waals surface area contributed by atoms with E-state index in [0.29, 0.717) is 25.2 Å². The predicted molar refractivity (Wildman–Crippen MR) is 69.7 cm³/mol. The van der Waals surface area contributed by atoms with Crippen molar-refractivity contribution in [1.82, 2.24) is 0 Å². The molecule has 1 aromatic carbocycles. The van der Waals surface area contributed by atoms with Gasteiger partial charge in [-0.1, -0.05) is 6.07 Å². The first-order chi connectivity index (χ1) is 8.47. The third kappa shape index (κ3) is 5.89. The fraction of sp³-hybridized carbons (Fsp3) is 0.571. The molecule has 0 saturated carbocycles. The SMILES string of the molecule is CC(O)CC(COc1cccc(O)c1)CC(C)O. The van der Waals surface area contributed by atoms with Crippen LogP contribution in [0.5, 0.6) is 11.5 Å². The summed E-state index contributed by atoms with van der Waals surface area (Å²) in [6, 6.07) is 6.60. The minimum Gasteiger partial charge on any atom is -0.508 e. The Bertz CT molecular complexity index is 339. The van der Waals surface area contributed by atoms with Crippen molar-refractivity contribution in [3.63, 3.8) is 0 Å². The van der Waals surface area contributed by atoms with Crippen LogP contribution in [-0.4, -0.2) is 34.1 Å². The molecule has 3 N–H and O–H groups in total. The van der Waals surface area contributed by atoms with Gasteiger partial charge in [0.05, 0.1) is 18.8 Å². The molecule has 0 aliphatic rings. The van der Waals surface area contributed by atoms with Gasteiger partial charge in [-0.05, 0) is 44.7 Å². The second kappa shape index (κ2) is 7.24. The molecule has 0 fully saturated rings. The van der Waals surface area contributed by atoms with Crippen molar-refractivity contribution in [2.45, 2.75) is 38.9 Å². The van der Waals surface area contributed by atoms with E-state index >= 15 is 0 Å². The van der Waals surface area contributed by atoms with Crippen LogP contribution in [0.3, 0.4) is 0 Å². The zero-order valence-corrected chi connectivity index (χ0v) is 10.9. The Morgan fingerprint density at radius 1 is 1.11 bits per heavy atom. The summed E-state index contributed by atoms with van der Waals surface area (Å²) in [5.74, 6) is 0.846. The molecule has 0 aliphatic carbocycles. The number of rotatable bonds is 7. The lowest BCUT2D eigenvalue weighted by atomic mass is 9.97. The second-order valence-corrected chi connectivity index (χ2v) is 4.84. The lowest BCUT2D eigenvalue weighted by Gasteiger charge is -2.20. The number of phenolic OH excluding ortho intramolecular Hbond substituents is 1. The summed E-state index contributed by atoms with van der Waals surface area (Å²) in [5, 5.41) is 28.1. The van der Waals surface area contributed by atoms with Crippen LogP contribution in [0.15, 0.2) is 24.3 Å². The van der Waals surface area contributed by atoms with Crippen molar-refractivity contribution in [2.75, 3.05) is 6.61 Å². The fourth-order valence-electron chi connectivity index (χ4n) is 1.98. The molecule has 18 heavy (non-hydrogen) atoms. The standard InChI is InChI=1S/C14H22O4/c1-10(15)6-12(7-11(2)16)9-18-14-5-3-4-13(17)8-14/h3-5,8,10-12,15-17H,6-7,9H2,1-2H3. The highest BCUT2D eigenvalue weighted by Crippen LogP contribution is 2.20. The van der Waals surface area contributed by atoms with Gasteiger partial charge in [-0.3, -0.25) is 0 Å². The molecule has 0 spiro atoms. The Labute approximate surface area is 108 Å². The molecule has 0 aliphatic heterocycles. The van der Waals surface area contributed by atoms with Gasteiger partial charge in [0.15, 0.2) is 0 Å². The highest BCUT2D eigenvalue weighted by Gasteiger charge is 2.15. The summed E-state index contributed by atoms with van der Waals surface area (Å²) < 4.78 is 5.57. The van der Waals surface area contributed by atoms with E-state index in [9.17, 15) is 15.3 Å². The summed E-state index contributed by atoms with van der Waals surface area (Å²) in [7, 11) is 0. The Morgan fingerprint density at radius 3 is 2.22 bits per heavy atom. The molecule has 0 heterocycles. The molecular weight excluding hydrogens is 232 g/mol. The van der Waals surface area contributed by atoms with Gasteiger partial charge in [-0.2, -0.15) is 0 Å². The van der Waals surface area contributed by atoms with Crippen molar-refractivity contribution in [2.24, 2.45) is 5.92 Å². The quantitative estimate of drug-likeness (QED) is 0.695. The number of aliphatic hydroxyl groups excluding tert-OH is 2. The van der Waals surface area contributed by atoms with Crippen LogP contribution in [0.25, 0.3) is 0 Å². The predicted octanol–water partition coefficient (Wildman–Crippen LogP) is 1.93. The van der Waals surface area contributed by atoms with Crippen molar-refractivity contribution in [3.05, 3.63) is 24.3 Å². The van der Waals surface area contributed by atoms with Crippen LogP contribution in [-0.2, 0) is 0 Å². The smallest absolute Gasteiger partial charge is 0.122 e. The van der Waals surface area contributed by atoms with Gasteiger partial charge in [0, 0.05) is 6.07 Å². The molecule has 1 rings (SSSR count). The first-order valence-electron chi connectivity index (χ1n) is 6.25. The number of hydrogen-bond donors (Lipinski definition) is 3. The summed E-state index contributed by atoms with van der Waals surface area (Å²) in [5.41, 5.74) is 0. The van der Waals surface area contributed by atoms with E-state index in [1.165, 1.54) is 0 Å². The number of ether oxygens (including phenoxy) is 1. The molecular formula is C14H22O4. The molecule has 0 bridgehead atoms. The molecule has 4 heteroatoms. The Kier molecular flexibility index (Phi) is 5.95. The number of phenols is 1. The first-order valence-corrected chi connectivity index (χ1v) is 6.25. The van der Waals surface area contributed by atoms with Gasteiger partial charge in [0.25, 0.3) is 0 Å². The summed E-state index contributed by atoms with van der Waals surface area (Å²) in [6.45, 7) is 3.87. The second-order valence-electron chi connectivity index (χ2n) is 4.84. The van der Waals surface area contributed by atoms with Crippen molar-refractivity contribution < 1.29 is 20.1 Å². The van der Waals surface area contributed by atoms with Gasteiger partial charge in [0.1, 0.15) is 11.5 Å². The molecule has 0 amide bonds. The summed E-state index contributed by atoms with van der Waals surface area (Å²) >= 11 is 0. The molecule has 1 aromatic rings. The van der Waals surface area contributed by atoms with E-state index in [1.54, 1.807) is 38.1 Å². The van der Waals surface area contributed by atoms with E-state index < -0.39 is 12.2 Å².